The number of hydrogen-bond acceptors (Lipinski definition) is 3. The Labute approximate surface area is 106 Å². The Bertz CT molecular complexity index is 308. The third-order valence-electron chi connectivity index (χ3n) is 1.81. The molecule has 0 saturated heterocycles. The summed E-state index contributed by atoms with van der Waals surface area (Å²) in [5, 5.41) is 0. The number of methoxy groups -OCH3 is 1. The zero-order valence-corrected chi connectivity index (χ0v) is 11.6. The zero-order chi connectivity index (χ0) is 11.3. The molecule has 0 saturated carbocycles. The maximum atomic E-state index is 5.50. The summed E-state index contributed by atoms with van der Waals surface area (Å²) in [6.45, 7) is 0.866. The molecule has 0 amide bonds. The van der Waals surface area contributed by atoms with Crippen molar-refractivity contribution in [3.63, 3.8) is 0 Å². The lowest BCUT2D eigenvalue weighted by Crippen LogP contribution is -2.04. The molecule has 0 atom stereocenters. The molecule has 5 heteroatoms. The molecule has 1 aromatic carbocycles. The Balaban J connectivity index is 2.88. The van der Waals surface area contributed by atoms with E-state index < -0.39 is 0 Å². The largest absolute Gasteiger partial charge is 0.465 e. The Morgan fingerprint density at radius 3 is 2.33 bits per heavy atom. The molecule has 0 aliphatic heterocycles. The Hall–Kier alpha value is -0.100. The third-order valence-corrected chi connectivity index (χ3v) is 2.99. The van der Waals surface area contributed by atoms with Gasteiger partial charge in [-0.05, 0) is 62.5 Å². The van der Waals surface area contributed by atoms with Crippen LogP contribution in [0.5, 0.6) is 5.75 Å². The van der Waals surface area contributed by atoms with Crippen molar-refractivity contribution in [3.8, 4) is 5.75 Å². The van der Waals surface area contributed by atoms with Gasteiger partial charge in [-0.25, -0.2) is 0 Å². The summed E-state index contributed by atoms with van der Waals surface area (Å²) in [6.07, 6.45) is 0.849. The van der Waals surface area contributed by atoms with E-state index in [1.54, 1.807) is 7.11 Å². The van der Waals surface area contributed by atoms with Crippen LogP contribution in [0.2, 0.25) is 0 Å². The molecule has 15 heavy (non-hydrogen) atoms. The molecular weight excluding hydrogens is 326 g/mol. The maximum absolute atomic E-state index is 5.50. The first-order chi connectivity index (χ1) is 7.19. The molecule has 0 aromatic heterocycles. The number of ether oxygens (including phenoxy) is 2. The molecule has 0 radical (unpaired) electrons. The highest BCUT2D eigenvalue weighted by molar-refractivity contribution is 9.11. The van der Waals surface area contributed by atoms with Crippen LogP contribution < -0.4 is 10.5 Å². The molecule has 0 unspecified atom stereocenters. The van der Waals surface area contributed by atoms with Gasteiger partial charge in [0.2, 0.25) is 0 Å². The van der Waals surface area contributed by atoms with E-state index in [0.717, 1.165) is 21.1 Å². The summed E-state index contributed by atoms with van der Waals surface area (Å²) >= 11 is 6.89. The summed E-state index contributed by atoms with van der Waals surface area (Å²) < 4.78 is 12.1. The van der Waals surface area contributed by atoms with Crippen LogP contribution >= 0.6 is 31.9 Å². The van der Waals surface area contributed by atoms with E-state index in [0.29, 0.717) is 6.54 Å². The lowest BCUT2D eigenvalue weighted by Gasteiger charge is -2.11. The van der Waals surface area contributed by atoms with Gasteiger partial charge in [-0.3, -0.25) is 0 Å². The third kappa shape index (κ3) is 3.75. The predicted molar refractivity (Wildman–Crippen MR) is 67.1 cm³/mol. The average Bonchev–Trinajstić information content (AvgIpc) is 2.17. The molecular formula is C10H13Br2NO2. The number of benzene rings is 1. The first-order valence-electron chi connectivity index (χ1n) is 4.48. The SMILES string of the molecule is COCOc1c(Br)cc(CCN)cc1Br. The molecule has 3 nitrogen and oxygen atoms in total. The molecule has 0 aliphatic carbocycles. The van der Waals surface area contributed by atoms with Crippen molar-refractivity contribution in [1.29, 1.82) is 0 Å². The lowest BCUT2D eigenvalue weighted by atomic mass is 10.1. The quantitative estimate of drug-likeness (QED) is 0.839. The highest BCUT2D eigenvalue weighted by Crippen LogP contribution is 2.34. The van der Waals surface area contributed by atoms with Gasteiger partial charge in [0.05, 0.1) is 8.95 Å². The monoisotopic (exact) mass is 337 g/mol. The van der Waals surface area contributed by atoms with Crippen LogP contribution in [0.3, 0.4) is 0 Å². The molecule has 1 aromatic rings. The van der Waals surface area contributed by atoms with Crippen molar-refractivity contribution in [2.24, 2.45) is 5.73 Å². The van der Waals surface area contributed by atoms with Crippen molar-refractivity contribution < 1.29 is 9.47 Å². The second-order valence-electron chi connectivity index (χ2n) is 2.98. The van der Waals surface area contributed by atoms with Crippen LogP contribution in [-0.4, -0.2) is 20.4 Å². The molecule has 2 N–H and O–H groups in total. The maximum Gasteiger partial charge on any atom is 0.188 e. The van der Waals surface area contributed by atoms with Crippen molar-refractivity contribution >= 4 is 31.9 Å². The predicted octanol–water partition coefficient (Wildman–Crippen LogP) is 2.70. The van der Waals surface area contributed by atoms with E-state index in [1.165, 1.54) is 5.56 Å². The van der Waals surface area contributed by atoms with Gasteiger partial charge >= 0.3 is 0 Å². The van der Waals surface area contributed by atoms with E-state index in [2.05, 4.69) is 31.9 Å². The smallest absolute Gasteiger partial charge is 0.188 e. The summed E-state index contributed by atoms with van der Waals surface area (Å²) in [5.41, 5.74) is 6.66. The summed E-state index contributed by atoms with van der Waals surface area (Å²) in [5.74, 6) is 0.748. The number of hydrogen-bond donors (Lipinski definition) is 1. The fraction of sp³-hybridized carbons (Fsp3) is 0.400. The molecule has 1 rings (SSSR count). The van der Waals surface area contributed by atoms with Gasteiger partial charge in [-0.1, -0.05) is 0 Å². The van der Waals surface area contributed by atoms with E-state index >= 15 is 0 Å². The number of nitrogens with two attached hydrogens (primary N) is 1. The molecule has 0 aliphatic rings. The summed E-state index contributed by atoms with van der Waals surface area (Å²) in [7, 11) is 1.59. The van der Waals surface area contributed by atoms with E-state index in [-0.39, 0.29) is 6.79 Å². The number of rotatable bonds is 5. The van der Waals surface area contributed by atoms with E-state index in [9.17, 15) is 0 Å². The van der Waals surface area contributed by atoms with E-state index in [1.807, 2.05) is 12.1 Å². The van der Waals surface area contributed by atoms with Crippen LogP contribution in [0.25, 0.3) is 0 Å². The first-order valence-corrected chi connectivity index (χ1v) is 6.07. The van der Waals surface area contributed by atoms with Crippen molar-refractivity contribution in [2.45, 2.75) is 6.42 Å². The van der Waals surface area contributed by atoms with Gasteiger partial charge in [-0.15, -0.1) is 0 Å². The van der Waals surface area contributed by atoms with Crippen LogP contribution in [0.1, 0.15) is 5.56 Å². The van der Waals surface area contributed by atoms with Gasteiger partial charge in [-0.2, -0.15) is 0 Å². The van der Waals surface area contributed by atoms with Crippen LogP contribution in [0.4, 0.5) is 0 Å². The Morgan fingerprint density at radius 1 is 1.27 bits per heavy atom. The van der Waals surface area contributed by atoms with Crippen molar-refractivity contribution in [3.05, 3.63) is 26.6 Å². The molecule has 0 bridgehead atoms. The Kier molecular flexibility index (Phi) is 5.60. The highest BCUT2D eigenvalue weighted by atomic mass is 79.9. The fourth-order valence-electron chi connectivity index (χ4n) is 1.18. The van der Waals surface area contributed by atoms with Crippen molar-refractivity contribution in [1.82, 2.24) is 0 Å². The van der Waals surface area contributed by atoms with Crippen LogP contribution in [0, 0.1) is 0 Å². The number of halogens is 2. The summed E-state index contributed by atoms with van der Waals surface area (Å²) in [4.78, 5) is 0. The van der Waals surface area contributed by atoms with Gasteiger partial charge < -0.3 is 15.2 Å². The fourth-order valence-corrected chi connectivity index (χ4v) is 2.69. The van der Waals surface area contributed by atoms with Crippen LogP contribution in [0.15, 0.2) is 21.1 Å². The minimum Gasteiger partial charge on any atom is -0.465 e. The first kappa shape index (κ1) is 13.0. The molecule has 84 valence electrons. The summed E-state index contributed by atoms with van der Waals surface area (Å²) in [6, 6.07) is 4.01. The van der Waals surface area contributed by atoms with Gasteiger partial charge in [0, 0.05) is 7.11 Å². The Morgan fingerprint density at radius 2 is 1.87 bits per heavy atom. The van der Waals surface area contributed by atoms with Gasteiger partial charge in [0.25, 0.3) is 0 Å². The topological polar surface area (TPSA) is 44.5 Å². The van der Waals surface area contributed by atoms with E-state index in [4.69, 9.17) is 15.2 Å². The normalized spacial score (nSPS) is 10.4. The van der Waals surface area contributed by atoms with Crippen LogP contribution in [-0.2, 0) is 11.2 Å². The van der Waals surface area contributed by atoms with Gasteiger partial charge in [0.1, 0.15) is 0 Å². The standard InChI is InChI=1S/C10H13Br2NO2/c1-14-6-15-10-8(11)4-7(2-3-13)5-9(10)12/h4-5H,2-3,6,13H2,1H3. The molecule has 0 spiro atoms. The molecule has 0 fully saturated rings. The van der Waals surface area contributed by atoms with Crippen molar-refractivity contribution in [2.75, 3.05) is 20.4 Å². The van der Waals surface area contributed by atoms with Gasteiger partial charge in [0.15, 0.2) is 12.5 Å². The second kappa shape index (κ2) is 6.48. The lowest BCUT2D eigenvalue weighted by molar-refractivity contribution is 0.0500. The second-order valence-corrected chi connectivity index (χ2v) is 4.69. The minimum absolute atomic E-state index is 0.230. The minimum atomic E-state index is 0.230. The highest BCUT2D eigenvalue weighted by Gasteiger charge is 2.08. The average molecular weight is 339 g/mol. The zero-order valence-electron chi connectivity index (χ0n) is 8.43. The molecule has 0 heterocycles.